The maximum Gasteiger partial charge on any atom is 0.148 e. The Labute approximate surface area is 106 Å². The summed E-state index contributed by atoms with van der Waals surface area (Å²) in [4.78, 5) is 1.73. The van der Waals surface area contributed by atoms with E-state index < -0.39 is 0 Å². The van der Waals surface area contributed by atoms with E-state index in [1.165, 1.54) is 6.07 Å². The second-order valence-electron chi connectivity index (χ2n) is 3.94. The number of methoxy groups -OCH3 is 1. The first kappa shape index (κ1) is 12.2. The van der Waals surface area contributed by atoms with Gasteiger partial charge in [0, 0.05) is 12.7 Å². The molecule has 0 aliphatic carbocycles. The SMILES string of the molecule is COc1ccccc1N(C)c1ccc(N)cc1F. The highest BCUT2D eigenvalue weighted by Crippen LogP contribution is 2.33. The molecule has 2 aromatic carbocycles. The van der Waals surface area contributed by atoms with E-state index in [0.29, 0.717) is 17.1 Å². The van der Waals surface area contributed by atoms with Crippen molar-refractivity contribution in [3.05, 3.63) is 48.3 Å². The summed E-state index contributed by atoms with van der Waals surface area (Å²) in [5.41, 5.74) is 7.19. The third-order valence-corrected chi connectivity index (χ3v) is 2.78. The Hall–Kier alpha value is -2.23. The molecule has 0 bridgehead atoms. The molecule has 0 atom stereocenters. The van der Waals surface area contributed by atoms with Crippen LogP contribution in [-0.2, 0) is 0 Å². The highest BCUT2D eigenvalue weighted by Gasteiger charge is 2.13. The molecule has 4 heteroatoms. The number of nitrogens with zero attached hydrogens (tertiary/aromatic N) is 1. The van der Waals surface area contributed by atoms with Gasteiger partial charge in [0.15, 0.2) is 0 Å². The van der Waals surface area contributed by atoms with Crippen molar-refractivity contribution >= 4 is 17.1 Å². The number of hydrogen-bond acceptors (Lipinski definition) is 3. The molecule has 0 aliphatic heterocycles. The van der Waals surface area contributed by atoms with Crippen LogP contribution in [0.4, 0.5) is 21.5 Å². The van der Waals surface area contributed by atoms with Gasteiger partial charge in [0.2, 0.25) is 0 Å². The zero-order valence-corrected chi connectivity index (χ0v) is 10.4. The predicted octanol–water partition coefficient (Wildman–Crippen LogP) is 3.18. The van der Waals surface area contributed by atoms with E-state index in [0.717, 1.165) is 5.69 Å². The largest absolute Gasteiger partial charge is 0.495 e. The normalized spacial score (nSPS) is 10.2. The molecule has 2 aromatic rings. The number of para-hydroxylation sites is 2. The molecule has 0 aliphatic rings. The van der Waals surface area contributed by atoms with Crippen LogP contribution in [-0.4, -0.2) is 14.2 Å². The Kier molecular flexibility index (Phi) is 3.37. The molecule has 2 N–H and O–H groups in total. The summed E-state index contributed by atoms with van der Waals surface area (Å²) in [6.07, 6.45) is 0. The molecule has 3 nitrogen and oxygen atoms in total. The van der Waals surface area contributed by atoms with Crippen molar-refractivity contribution in [2.45, 2.75) is 0 Å². The van der Waals surface area contributed by atoms with Crippen LogP contribution in [0.1, 0.15) is 0 Å². The summed E-state index contributed by atoms with van der Waals surface area (Å²) in [6, 6.07) is 12.1. The van der Waals surface area contributed by atoms with Crippen molar-refractivity contribution in [2.24, 2.45) is 0 Å². The fourth-order valence-electron chi connectivity index (χ4n) is 1.83. The molecule has 0 spiro atoms. The van der Waals surface area contributed by atoms with Crippen molar-refractivity contribution in [3.8, 4) is 5.75 Å². The minimum atomic E-state index is -0.358. The van der Waals surface area contributed by atoms with Crippen LogP contribution in [0.3, 0.4) is 0 Å². The zero-order chi connectivity index (χ0) is 13.1. The van der Waals surface area contributed by atoms with Gasteiger partial charge < -0.3 is 15.4 Å². The van der Waals surface area contributed by atoms with Crippen LogP contribution < -0.4 is 15.4 Å². The van der Waals surface area contributed by atoms with Crippen molar-refractivity contribution in [1.82, 2.24) is 0 Å². The van der Waals surface area contributed by atoms with Gasteiger partial charge in [0.25, 0.3) is 0 Å². The number of nitrogens with two attached hydrogens (primary N) is 1. The van der Waals surface area contributed by atoms with E-state index in [4.69, 9.17) is 10.5 Å². The molecular formula is C14H15FN2O. The summed E-state index contributed by atoms with van der Waals surface area (Å²) in [6.45, 7) is 0. The lowest BCUT2D eigenvalue weighted by Crippen LogP contribution is -2.12. The van der Waals surface area contributed by atoms with Gasteiger partial charge in [-0.3, -0.25) is 0 Å². The van der Waals surface area contributed by atoms with E-state index >= 15 is 0 Å². The Morgan fingerprint density at radius 2 is 1.83 bits per heavy atom. The first-order chi connectivity index (χ1) is 8.63. The maximum absolute atomic E-state index is 13.9. The monoisotopic (exact) mass is 246 g/mol. The molecule has 0 radical (unpaired) electrons. The van der Waals surface area contributed by atoms with Gasteiger partial charge in [-0.25, -0.2) is 4.39 Å². The first-order valence-corrected chi connectivity index (χ1v) is 5.55. The number of benzene rings is 2. The third kappa shape index (κ3) is 2.22. The maximum atomic E-state index is 13.9. The number of ether oxygens (including phenoxy) is 1. The standard InChI is InChI=1S/C14H15FN2O/c1-17(12-8-7-10(16)9-11(12)15)13-5-3-4-6-14(13)18-2/h3-9H,16H2,1-2H3. The van der Waals surface area contributed by atoms with E-state index in [9.17, 15) is 4.39 Å². The molecule has 0 heterocycles. The lowest BCUT2D eigenvalue weighted by atomic mass is 10.2. The third-order valence-electron chi connectivity index (χ3n) is 2.78. The topological polar surface area (TPSA) is 38.5 Å². The summed E-state index contributed by atoms with van der Waals surface area (Å²) in [7, 11) is 3.37. The van der Waals surface area contributed by atoms with Crippen molar-refractivity contribution < 1.29 is 9.13 Å². The van der Waals surface area contributed by atoms with Crippen molar-refractivity contribution in [1.29, 1.82) is 0 Å². The molecule has 94 valence electrons. The van der Waals surface area contributed by atoms with Crippen LogP contribution in [0.5, 0.6) is 5.75 Å². The van der Waals surface area contributed by atoms with Crippen LogP contribution in [0.15, 0.2) is 42.5 Å². The van der Waals surface area contributed by atoms with Crippen LogP contribution in [0.25, 0.3) is 0 Å². The van der Waals surface area contributed by atoms with Gasteiger partial charge in [0.1, 0.15) is 11.6 Å². The van der Waals surface area contributed by atoms with E-state index in [-0.39, 0.29) is 5.82 Å². The quantitative estimate of drug-likeness (QED) is 0.845. The molecule has 0 aromatic heterocycles. The van der Waals surface area contributed by atoms with E-state index in [1.54, 1.807) is 31.2 Å². The van der Waals surface area contributed by atoms with E-state index in [1.807, 2.05) is 24.3 Å². The highest BCUT2D eigenvalue weighted by atomic mass is 19.1. The molecular weight excluding hydrogens is 231 g/mol. The van der Waals surface area contributed by atoms with Gasteiger partial charge in [-0.05, 0) is 30.3 Å². The number of nitrogen functional groups attached to an aromatic ring is 1. The van der Waals surface area contributed by atoms with Gasteiger partial charge >= 0.3 is 0 Å². The predicted molar refractivity (Wildman–Crippen MR) is 71.9 cm³/mol. The minimum Gasteiger partial charge on any atom is -0.495 e. The number of halogens is 1. The Morgan fingerprint density at radius 3 is 2.50 bits per heavy atom. The van der Waals surface area contributed by atoms with E-state index in [2.05, 4.69) is 0 Å². The first-order valence-electron chi connectivity index (χ1n) is 5.55. The number of anilines is 3. The summed E-state index contributed by atoms with van der Waals surface area (Å²) >= 11 is 0. The Morgan fingerprint density at radius 1 is 1.11 bits per heavy atom. The summed E-state index contributed by atoms with van der Waals surface area (Å²) in [5.74, 6) is 0.333. The van der Waals surface area contributed by atoms with Gasteiger partial charge in [0.05, 0.1) is 18.5 Å². The minimum absolute atomic E-state index is 0.358. The lowest BCUT2D eigenvalue weighted by molar-refractivity contribution is 0.415. The molecule has 0 unspecified atom stereocenters. The lowest BCUT2D eigenvalue weighted by Gasteiger charge is -2.22. The number of hydrogen-bond donors (Lipinski definition) is 1. The average Bonchev–Trinajstić information content (AvgIpc) is 2.38. The second-order valence-corrected chi connectivity index (χ2v) is 3.94. The molecule has 2 rings (SSSR count). The molecule has 18 heavy (non-hydrogen) atoms. The van der Waals surface area contributed by atoms with Gasteiger partial charge in [-0.2, -0.15) is 0 Å². The van der Waals surface area contributed by atoms with Crippen molar-refractivity contribution in [3.63, 3.8) is 0 Å². The average molecular weight is 246 g/mol. The fraction of sp³-hybridized carbons (Fsp3) is 0.143. The number of rotatable bonds is 3. The Bertz CT molecular complexity index is 557. The van der Waals surface area contributed by atoms with Gasteiger partial charge in [-0.15, -0.1) is 0 Å². The van der Waals surface area contributed by atoms with Gasteiger partial charge in [-0.1, -0.05) is 12.1 Å². The highest BCUT2D eigenvalue weighted by molar-refractivity contribution is 5.70. The molecule has 0 fully saturated rings. The van der Waals surface area contributed by atoms with Crippen LogP contribution in [0, 0.1) is 5.82 Å². The van der Waals surface area contributed by atoms with Crippen LogP contribution in [0.2, 0.25) is 0 Å². The fourth-order valence-corrected chi connectivity index (χ4v) is 1.83. The molecule has 0 saturated heterocycles. The summed E-state index contributed by atoms with van der Waals surface area (Å²) in [5, 5.41) is 0. The Balaban J connectivity index is 2.44. The molecule has 0 saturated carbocycles. The molecule has 0 amide bonds. The van der Waals surface area contributed by atoms with Crippen LogP contribution >= 0.6 is 0 Å². The zero-order valence-electron chi connectivity index (χ0n) is 10.4. The smallest absolute Gasteiger partial charge is 0.148 e. The van der Waals surface area contributed by atoms with Crippen molar-refractivity contribution in [2.75, 3.05) is 24.8 Å². The summed E-state index contributed by atoms with van der Waals surface area (Å²) < 4.78 is 19.1. The second kappa shape index (κ2) is 4.96.